The van der Waals surface area contributed by atoms with Crippen LogP contribution in [0.4, 0.5) is 4.39 Å². The molecule has 5 heteroatoms. The highest BCUT2D eigenvalue weighted by Crippen LogP contribution is 2.46. The molecule has 0 spiro atoms. The van der Waals surface area contributed by atoms with E-state index in [1.807, 2.05) is 35.9 Å². The molecular formula is C21H13FNO3+. The number of aromatic nitrogens is 1. The van der Waals surface area contributed by atoms with Gasteiger partial charge in [0.05, 0.1) is 21.9 Å². The summed E-state index contributed by atoms with van der Waals surface area (Å²) >= 11 is 0. The van der Waals surface area contributed by atoms with Crippen molar-refractivity contribution >= 4 is 27.6 Å². The molecule has 0 atom stereocenters. The van der Waals surface area contributed by atoms with E-state index in [1.165, 1.54) is 12.1 Å². The van der Waals surface area contributed by atoms with Crippen molar-refractivity contribution in [2.24, 2.45) is 7.05 Å². The van der Waals surface area contributed by atoms with Gasteiger partial charge in [0, 0.05) is 11.5 Å². The molecule has 1 aliphatic heterocycles. The van der Waals surface area contributed by atoms with Crippen molar-refractivity contribution in [2.45, 2.75) is 0 Å². The Bertz CT molecular complexity index is 1260. The third-order valence-corrected chi connectivity index (χ3v) is 4.91. The Morgan fingerprint density at radius 2 is 1.88 bits per heavy atom. The van der Waals surface area contributed by atoms with Crippen molar-refractivity contribution in [1.29, 1.82) is 0 Å². The van der Waals surface area contributed by atoms with Crippen molar-refractivity contribution in [1.82, 2.24) is 0 Å². The molecule has 0 bridgehead atoms. The minimum atomic E-state index is -0.982. The maximum absolute atomic E-state index is 13.9. The van der Waals surface area contributed by atoms with Gasteiger partial charge in [0.2, 0.25) is 11.2 Å². The number of pyridine rings is 1. The Morgan fingerprint density at radius 1 is 1.04 bits per heavy atom. The van der Waals surface area contributed by atoms with Crippen LogP contribution in [0.15, 0.2) is 54.6 Å². The minimum absolute atomic E-state index is 0.210. The summed E-state index contributed by atoms with van der Waals surface area (Å²) in [6.45, 7) is 0. The summed E-state index contributed by atoms with van der Waals surface area (Å²) in [4.78, 5) is 11.4. The fourth-order valence-corrected chi connectivity index (χ4v) is 3.75. The van der Waals surface area contributed by atoms with Gasteiger partial charge in [-0.2, -0.15) is 4.57 Å². The minimum Gasteiger partial charge on any atom is -0.478 e. The van der Waals surface area contributed by atoms with E-state index in [2.05, 4.69) is 0 Å². The molecular weight excluding hydrogens is 333 g/mol. The summed E-state index contributed by atoms with van der Waals surface area (Å²) in [5.74, 6) is -0.0457. The van der Waals surface area contributed by atoms with E-state index < -0.39 is 5.97 Å². The molecule has 0 aliphatic carbocycles. The largest absolute Gasteiger partial charge is 0.478 e. The van der Waals surface area contributed by atoms with Gasteiger partial charge >= 0.3 is 5.97 Å². The van der Waals surface area contributed by atoms with Crippen molar-refractivity contribution in [3.05, 3.63) is 66.0 Å². The first-order valence-corrected chi connectivity index (χ1v) is 8.14. The van der Waals surface area contributed by atoms with Gasteiger partial charge in [-0.25, -0.2) is 9.18 Å². The highest BCUT2D eigenvalue weighted by Gasteiger charge is 2.30. The highest BCUT2D eigenvalue weighted by atomic mass is 19.1. The van der Waals surface area contributed by atoms with Gasteiger partial charge in [-0.15, -0.1) is 0 Å². The predicted molar refractivity (Wildman–Crippen MR) is 95.1 cm³/mol. The summed E-state index contributed by atoms with van der Waals surface area (Å²) in [6, 6.07) is 15.2. The SMILES string of the molecule is C[n+]1c2c3c(cccc3c3ccc(C(=O)O)cc31)Oc1ccc(F)cc1-2. The molecule has 0 saturated heterocycles. The van der Waals surface area contributed by atoms with Crippen LogP contribution < -0.4 is 9.30 Å². The topological polar surface area (TPSA) is 50.4 Å². The average molecular weight is 346 g/mol. The van der Waals surface area contributed by atoms with Crippen molar-refractivity contribution in [2.75, 3.05) is 0 Å². The Morgan fingerprint density at radius 3 is 2.69 bits per heavy atom. The molecule has 0 unspecified atom stereocenters. The van der Waals surface area contributed by atoms with Crippen LogP contribution in [0.5, 0.6) is 11.5 Å². The van der Waals surface area contributed by atoms with Gasteiger partial charge in [0.1, 0.15) is 24.4 Å². The van der Waals surface area contributed by atoms with E-state index >= 15 is 0 Å². The molecule has 5 rings (SSSR count). The van der Waals surface area contributed by atoms with E-state index in [0.717, 1.165) is 27.4 Å². The van der Waals surface area contributed by atoms with Gasteiger partial charge in [-0.05, 0) is 36.4 Å². The van der Waals surface area contributed by atoms with E-state index in [9.17, 15) is 14.3 Å². The second-order valence-corrected chi connectivity index (χ2v) is 6.37. The molecule has 0 radical (unpaired) electrons. The molecule has 2 heterocycles. The lowest BCUT2D eigenvalue weighted by Gasteiger charge is -2.20. The van der Waals surface area contributed by atoms with Crippen LogP contribution in [-0.2, 0) is 7.05 Å². The second-order valence-electron chi connectivity index (χ2n) is 6.37. The first-order valence-electron chi connectivity index (χ1n) is 8.14. The second kappa shape index (κ2) is 5.02. The molecule has 26 heavy (non-hydrogen) atoms. The average Bonchev–Trinajstić information content (AvgIpc) is 2.64. The Hall–Kier alpha value is -3.47. The van der Waals surface area contributed by atoms with Gasteiger partial charge < -0.3 is 9.84 Å². The normalized spacial score (nSPS) is 12.1. The number of aromatic carboxylic acids is 1. The van der Waals surface area contributed by atoms with E-state index in [0.29, 0.717) is 17.1 Å². The quantitative estimate of drug-likeness (QED) is 0.361. The molecule has 0 fully saturated rings. The van der Waals surface area contributed by atoms with Gasteiger partial charge in [-0.1, -0.05) is 12.1 Å². The molecule has 3 aromatic carbocycles. The molecule has 4 nitrogen and oxygen atoms in total. The number of ether oxygens (including phenoxy) is 1. The lowest BCUT2D eigenvalue weighted by atomic mass is 9.95. The molecule has 1 aliphatic rings. The zero-order valence-corrected chi connectivity index (χ0v) is 13.8. The summed E-state index contributed by atoms with van der Waals surface area (Å²) in [6.07, 6.45) is 0. The molecule has 0 amide bonds. The number of nitrogens with zero attached hydrogens (tertiary/aromatic N) is 1. The van der Waals surface area contributed by atoms with Gasteiger partial charge in [0.15, 0.2) is 0 Å². The van der Waals surface area contributed by atoms with Crippen LogP contribution in [-0.4, -0.2) is 11.1 Å². The number of hydrogen-bond acceptors (Lipinski definition) is 2. The zero-order valence-electron chi connectivity index (χ0n) is 13.8. The number of carboxylic acids is 1. The number of carbonyl (C=O) groups is 1. The monoisotopic (exact) mass is 346 g/mol. The maximum atomic E-state index is 13.9. The van der Waals surface area contributed by atoms with Crippen molar-refractivity contribution < 1.29 is 23.6 Å². The van der Waals surface area contributed by atoms with Crippen LogP contribution in [0.25, 0.3) is 32.9 Å². The smallest absolute Gasteiger partial charge is 0.335 e. The lowest BCUT2D eigenvalue weighted by molar-refractivity contribution is -0.632. The fraction of sp³-hybridized carbons (Fsp3) is 0.0476. The molecule has 1 N–H and O–H groups in total. The summed E-state index contributed by atoms with van der Waals surface area (Å²) < 4.78 is 21.8. The van der Waals surface area contributed by atoms with Crippen LogP contribution in [0.1, 0.15) is 10.4 Å². The molecule has 4 aromatic rings. The maximum Gasteiger partial charge on any atom is 0.335 e. The van der Waals surface area contributed by atoms with E-state index in [-0.39, 0.29) is 11.4 Å². The van der Waals surface area contributed by atoms with Crippen LogP contribution in [0, 0.1) is 5.82 Å². The Balaban J connectivity index is 2.02. The molecule has 126 valence electrons. The fourth-order valence-electron chi connectivity index (χ4n) is 3.75. The number of halogens is 1. The van der Waals surface area contributed by atoms with Gasteiger partial charge in [0.25, 0.3) is 0 Å². The number of carboxylic acid groups (broad SMARTS) is 1. The zero-order chi connectivity index (χ0) is 18.0. The molecule has 1 aromatic heterocycles. The number of fused-ring (bicyclic) bond motifs is 4. The van der Waals surface area contributed by atoms with Crippen LogP contribution >= 0.6 is 0 Å². The number of aryl methyl sites for hydroxylation is 1. The Kier molecular flexibility index (Phi) is 2.86. The summed E-state index contributed by atoms with van der Waals surface area (Å²) in [5.41, 5.74) is 2.44. The third kappa shape index (κ3) is 1.88. The standard InChI is InChI=1S/C21H12FNO3/c1-23-16-9-11(21(24)25)5-7-13(16)14-3-2-4-18-19(14)20(23)15-10-12(22)6-8-17(15)26-18/h2-10H,1H3/p+1. The van der Waals surface area contributed by atoms with Crippen molar-refractivity contribution in [3.8, 4) is 22.8 Å². The summed E-state index contributed by atoms with van der Waals surface area (Å²) in [7, 11) is 1.86. The van der Waals surface area contributed by atoms with Crippen molar-refractivity contribution in [3.63, 3.8) is 0 Å². The first kappa shape index (κ1) is 14.8. The number of hydrogen-bond donors (Lipinski definition) is 1. The highest BCUT2D eigenvalue weighted by molar-refractivity contribution is 6.13. The Labute approximate surface area is 147 Å². The molecule has 0 saturated carbocycles. The number of benzene rings is 3. The number of rotatable bonds is 1. The van der Waals surface area contributed by atoms with Crippen LogP contribution in [0.2, 0.25) is 0 Å². The summed E-state index contributed by atoms with van der Waals surface area (Å²) in [5, 5.41) is 12.1. The van der Waals surface area contributed by atoms with Crippen LogP contribution in [0.3, 0.4) is 0 Å². The van der Waals surface area contributed by atoms with Gasteiger partial charge in [-0.3, -0.25) is 0 Å². The third-order valence-electron chi connectivity index (χ3n) is 4.91. The van der Waals surface area contributed by atoms with E-state index in [1.54, 1.807) is 18.2 Å². The predicted octanol–water partition coefficient (Wildman–Crippen LogP) is 4.43. The van der Waals surface area contributed by atoms with E-state index in [4.69, 9.17) is 4.74 Å². The lowest BCUT2D eigenvalue weighted by Crippen LogP contribution is -2.33. The first-order chi connectivity index (χ1) is 12.5.